The molecule has 2 aliphatic heterocycles. The van der Waals surface area contributed by atoms with Gasteiger partial charge in [0.2, 0.25) is 10.0 Å². The number of unbranched alkanes of at least 4 members (excludes halogenated alkanes) is 1. The molecule has 0 aromatic heterocycles. The summed E-state index contributed by atoms with van der Waals surface area (Å²) in [6, 6.07) is 14.0. The van der Waals surface area contributed by atoms with Crippen LogP contribution in [0.1, 0.15) is 56.3 Å². The fourth-order valence-electron chi connectivity index (χ4n) is 4.93. The van der Waals surface area contributed by atoms with E-state index in [1.54, 1.807) is 28.6 Å². The highest BCUT2D eigenvalue weighted by Gasteiger charge is 2.45. The van der Waals surface area contributed by atoms with Gasteiger partial charge in [-0.05, 0) is 86.6 Å². The van der Waals surface area contributed by atoms with E-state index in [1.807, 2.05) is 36.1 Å². The van der Waals surface area contributed by atoms with Crippen LogP contribution in [0.5, 0.6) is 11.5 Å². The van der Waals surface area contributed by atoms with E-state index in [9.17, 15) is 13.2 Å². The average molecular weight is 501 g/mol. The summed E-state index contributed by atoms with van der Waals surface area (Å²) >= 11 is 0. The summed E-state index contributed by atoms with van der Waals surface area (Å²) in [4.78, 5) is 15.2. The maximum atomic E-state index is 13.3. The van der Waals surface area contributed by atoms with Crippen LogP contribution in [0, 0.1) is 5.41 Å². The van der Waals surface area contributed by atoms with Gasteiger partial charge >= 0.3 is 0 Å². The molecule has 0 atom stereocenters. The van der Waals surface area contributed by atoms with Crippen molar-refractivity contribution in [1.82, 2.24) is 9.21 Å². The van der Waals surface area contributed by atoms with Crippen LogP contribution in [0.15, 0.2) is 53.4 Å². The molecule has 1 amide bonds. The van der Waals surface area contributed by atoms with Gasteiger partial charge in [0.05, 0.1) is 18.1 Å². The van der Waals surface area contributed by atoms with E-state index >= 15 is 0 Å². The fourth-order valence-corrected chi connectivity index (χ4v) is 6.48. The van der Waals surface area contributed by atoms with E-state index in [0.717, 1.165) is 37.9 Å². The third-order valence-electron chi connectivity index (χ3n) is 7.16. The summed E-state index contributed by atoms with van der Waals surface area (Å²) in [7, 11) is -3.55. The molecule has 0 aliphatic carbocycles. The van der Waals surface area contributed by atoms with Gasteiger partial charge in [0.25, 0.3) is 5.91 Å². The van der Waals surface area contributed by atoms with Crippen molar-refractivity contribution in [2.45, 2.75) is 50.8 Å². The average Bonchev–Trinajstić information content (AvgIpc) is 3.29. The molecule has 0 radical (unpaired) electrons. The molecule has 4 rings (SSSR count). The van der Waals surface area contributed by atoms with E-state index in [4.69, 9.17) is 9.47 Å². The predicted octanol–water partition coefficient (Wildman–Crippen LogP) is 4.58. The summed E-state index contributed by atoms with van der Waals surface area (Å²) in [5.74, 6) is 1.47. The molecule has 0 saturated carbocycles. The van der Waals surface area contributed by atoms with Crippen LogP contribution < -0.4 is 9.47 Å². The maximum absolute atomic E-state index is 13.3. The van der Waals surface area contributed by atoms with Crippen molar-refractivity contribution in [3.8, 4) is 11.5 Å². The Balaban J connectivity index is 1.34. The number of hydrogen-bond donors (Lipinski definition) is 0. The second-order valence-electron chi connectivity index (χ2n) is 9.51. The Morgan fingerprint density at radius 1 is 0.886 bits per heavy atom. The largest absolute Gasteiger partial charge is 0.494 e. The number of rotatable bonds is 9. The molecule has 0 N–H and O–H groups in total. The molecule has 1 spiro atoms. The van der Waals surface area contributed by atoms with Crippen LogP contribution in [0.3, 0.4) is 0 Å². The van der Waals surface area contributed by atoms with Crippen LogP contribution in [-0.2, 0) is 10.0 Å². The van der Waals surface area contributed by atoms with Crippen molar-refractivity contribution < 1.29 is 22.7 Å². The third-order valence-corrected chi connectivity index (χ3v) is 9.01. The van der Waals surface area contributed by atoms with Gasteiger partial charge in [0.15, 0.2) is 0 Å². The van der Waals surface area contributed by atoms with Gasteiger partial charge in [-0.15, -0.1) is 0 Å². The lowest BCUT2D eigenvalue weighted by Gasteiger charge is -2.39. The first-order valence-electron chi connectivity index (χ1n) is 12.6. The number of sulfonamides is 1. The van der Waals surface area contributed by atoms with E-state index in [1.165, 1.54) is 0 Å². The van der Waals surface area contributed by atoms with Gasteiger partial charge in [0.1, 0.15) is 11.5 Å². The highest BCUT2D eigenvalue weighted by Crippen LogP contribution is 2.42. The van der Waals surface area contributed by atoms with Gasteiger partial charge < -0.3 is 14.4 Å². The molecule has 0 unspecified atom stereocenters. The lowest BCUT2D eigenvalue weighted by Crippen LogP contribution is -2.44. The Morgan fingerprint density at radius 3 is 2.11 bits per heavy atom. The van der Waals surface area contributed by atoms with Gasteiger partial charge in [-0.3, -0.25) is 4.79 Å². The quantitative estimate of drug-likeness (QED) is 0.471. The van der Waals surface area contributed by atoms with Gasteiger partial charge in [-0.1, -0.05) is 13.3 Å². The standard InChI is InChI=1S/C27H36N2O5S/c1-3-5-20-34-24-10-12-25(13-11-24)35(31,32)29-19-16-27(21-29)14-17-28(18-15-27)26(30)22-6-8-23(9-7-22)33-4-2/h6-13H,3-5,14-21H2,1-2H3. The highest BCUT2D eigenvalue weighted by atomic mass is 32.2. The van der Waals surface area contributed by atoms with Crippen LogP contribution in [-0.4, -0.2) is 62.9 Å². The Kier molecular flexibility index (Phi) is 8.02. The molecular formula is C27H36N2O5S. The van der Waals surface area contributed by atoms with E-state index in [2.05, 4.69) is 6.92 Å². The number of piperidine rings is 1. The molecule has 2 aromatic rings. The SMILES string of the molecule is CCCCOc1ccc(S(=O)(=O)N2CCC3(CCN(C(=O)c4ccc(OCC)cc4)CC3)C2)cc1. The molecule has 35 heavy (non-hydrogen) atoms. The fraction of sp³-hybridized carbons (Fsp3) is 0.519. The van der Waals surface area contributed by atoms with Crippen molar-refractivity contribution in [3.63, 3.8) is 0 Å². The van der Waals surface area contributed by atoms with Gasteiger partial charge in [-0.25, -0.2) is 8.42 Å². The van der Waals surface area contributed by atoms with Crippen molar-refractivity contribution in [3.05, 3.63) is 54.1 Å². The number of ether oxygens (including phenoxy) is 2. The smallest absolute Gasteiger partial charge is 0.253 e. The molecule has 2 fully saturated rings. The van der Waals surface area contributed by atoms with Crippen molar-refractivity contribution >= 4 is 15.9 Å². The Bertz CT molecular complexity index is 1090. The van der Waals surface area contributed by atoms with Crippen LogP contribution in [0.25, 0.3) is 0 Å². The van der Waals surface area contributed by atoms with Crippen LogP contribution in [0.2, 0.25) is 0 Å². The minimum absolute atomic E-state index is 0.0200. The first kappa shape index (κ1) is 25.5. The molecule has 7 nitrogen and oxygen atoms in total. The zero-order chi connectivity index (χ0) is 24.9. The van der Waals surface area contributed by atoms with E-state index in [0.29, 0.717) is 55.6 Å². The number of hydrogen-bond acceptors (Lipinski definition) is 5. The number of carbonyl (C=O) groups is 1. The molecule has 8 heteroatoms. The minimum atomic E-state index is -3.55. The molecule has 190 valence electrons. The van der Waals surface area contributed by atoms with Gasteiger partial charge in [0, 0.05) is 31.7 Å². The topological polar surface area (TPSA) is 76.2 Å². The monoisotopic (exact) mass is 500 g/mol. The normalized spacial score (nSPS) is 18.1. The number of likely N-dealkylation sites (tertiary alicyclic amines) is 1. The number of amides is 1. The van der Waals surface area contributed by atoms with Crippen molar-refractivity contribution in [2.75, 3.05) is 39.4 Å². The number of carbonyl (C=O) groups excluding carboxylic acids is 1. The Morgan fingerprint density at radius 2 is 1.49 bits per heavy atom. The first-order valence-corrected chi connectivity index (χ1v) is 14.1. The summed E-state index contributed by atoms with van der Waals surface area (Å²) < 4.78 is 39.3. The summed E-state index contributed by atoms with van der Waals surface area (Å²) in [6.07, 6.45) is 4.48. The molecular weight excluding hydrogens is 464 g/mol. The summed E-state index contributed by atoms with van der Waals surface area (Å²) in [5.41, 5.74) is 0.591. The van der Waals surface area contributed by atoms with Crippen LogP contribution >= 0.6 is 0 Å². The molecule has 0 bridgehead atoms. The summed E-state index contributed by atoms with van der Waals surface area (Å²) in [5, 5.41) is 0. The summed E-state index contributed by atoms with van der Waals surface area (Å²) in [6.45, 7) is 7.57. The highest BCUT2D eigenvalue weighted by molar-refractivity contribution is 7.89. The van der Waals surface area contributed by atoms with E-state index < -0.39 is 10.0 Å². The number of nitrogens with zero attached hydrogens (tertiary/aromatic N) is 2. The zero-order valence-corrected chi connectivity index (χ0v) is 21.6. The van der Waals surface area contributed by atoms with E-state index in [-0.39, 0.29) is 11.3 Å². The molecule has 2 saturated heterocycles. The number of benzene rings is 2. The molecule has 2 aromatic carbocycles. The zero-order valence-electron chi connectivity index (χ0n) is 20.7. The third kappa shape index (κ3) is 5.81. The molecule has 2 heterocycles. The second kappa shape index (κ2) is 11.0. The maximum Gasteiger partial charge on any atom is 0.253 e. The first-order chi connectivity index (χ1) is 16.9. The van der Waals surface area contributed by atoms with Crippen molar-refractivity contribution in [1.29, 1.82) is 0 Å². The lowest BCUT2D eigenvalue weighted by atomic mass is 9.78. The predicted molar refractivity (Wildman–Crippen MR) is 135 cm³/mol. The second-order valence-corrected chi connectivity index (χ2v) is 11.4. The molecule has 2 aliphatic rings. The Hall–Kier alpha value is -2.58. The Labute approximate surface area is 209 Å². The van der Waals surface area contributed by atoms with Crippen LogP contribution in [0.4, 0.5) is 0 Å². The van der Waals surface area contributed by atoms with Gasteiger partial charge in [-0.2, -0.15) is 4.31 Å². The van der Waals surface area contributed by atoms with Crippen molar-refractivity contribution in [2.24, 2.45) is 5.41 Å². The lowest BCUT2D eigenvalue weighted by molar-refractivity contribution is 0.0599. The minimum Gasteiger partial charge on any atom is -0.494 e.